The molecule has 0 atom stereocenters. The van der Waals surface area contributed by atoms with Crippen molar-refractivity contribution in [1.29, 1.82) is 0 Å². The van der Waals surface area contributed by atoms with Gasteiger partial charge in [-0.15, -0.1) is 0 Å². The number of carbonyl (C=O) groups excluding carboxylic acids is 1. The van der Waals surface area contributed by atoms with Gasteiger partial charge in [0, 0.05) is 22.7 Å². The van der Waals surface area contributed by atoms with Crippen molar-refractivity contribution in [3.63, 3.8) is 0 Å². The number of carboxylic acid groups (broad SMARTS) is 1. The smallest absolute Gasteiger partial charge is 0.336 e. The molecule has 2 rings (SSSR count). The van der Waals surface area contributed by atoms with Crippen LogP contribution in [0.1, 0.15) is 29.6 Å². The van der Waals surface area contributed by atoms with E-state index in [1.54, 1.807) is 12.1 Å². The van der Waals surface area contributed by atoms with Crippen LogP contribution in [0.2, 0.25) is 0 Å². The number of aromatic carboxylic acids is 1. The second-order valence-corrected chi connectivity index (χ2v) is 5.82. The molecule has 1 aromatic carbocycles. The van der Waals surface area contributed by atoms with E-state index in [0.29, 0.717) is 22.7 Å². The zero-order chi connectivity index (χ0) is 15.2. The van der Waals surface area contributed by atoms with Crippen LogP contribution in [-0.2, 0) is 0 Å². The number of nitrogens with one attached hydrogen (secondary N) is 3. The molecule has 0 spiro atoms. The molecule has 0 aliphatic heterocycles. The average Bonchev–Trinajstić information content (AvgIpc) is 3.24. The summed E-state index contributed by atoms with van der Waals surface area (Å²) in [7, 11) is 0. The van der Waals surface area contributed by atoms with E-state index in [1.165, 1.54) is 18.9 Å². The maximum absolute atomic E-state index is 11.7. The SMILES string of the molecule is O=C(NCCCNC1CC1)Nc1ccc(Br)c(C(=O)O)c1. The summed E-state index contributed by atoms with van der Waals surface area (Å²) >= 11 is 3.16. The van der Waals surface area contributed by atoms with Crippen LogP contribution in [-0.4, -0.2) is 36.2 Å². The number of benzene rings is 1. The van der Waals surface area contributed by atoms with E-state index in [4.69, 9.17) is 5.11 Å². The molecule has 0 bridgehead atoms. The molecule has 7 heteroatoms. The highest BCUT2D eigenvalue weighted by molar-refractivity contribution is 9.10. The minimum Gasteiger partial charge on any atom is -0.478 e. The summed E-state index contributed by atoms with van der Waals surface area (Å²) in [4.78, 5) is 22.7. The molecule has 0 radical (unpaired) electrons. The molecule has 1 saturated carbocycles. The lowest BCUT2D eigenvalue weighted by molar-refractivity contribution is 0.0696. The highest BCUT2D eigenvalue weighted by atomic mass is 79.9. The molecule has 2 amide bonds. The molecule has 6 nitrogen and oxygen atoms in total. The maximum atomic E-state index is 11.7. The van der Waals surface area contributed by atoms with Crippen LogP contribution in [0, 0.1) is 0 Å². The molecule has 1 aromatic rings. The number of rotatable bonds is 7. The maximum Gasteiger partial charge on any atom is 0.336 e. The summed E-state index contributed by atoms with van der Waals surface area (Å²) in [6.07, 6.45) is 3.37. The summed E-state index contributed by atoms with van der Waals surface area (Å²) in [5, 5.41) is 17.7. The molecule has 114 valence electrons. The number of carbonyl (C=O) groups is 2. The van der Waals surface area contributed by atoms with Crippen LogP contribution >= 0.6 is 15.9 Å². The van der Waals surface area contributed by atoms with Crippen LogP contribution in [0.4, 0.5) is 10.5 Å². The number of hydrogen-bond donors (Lipinski definition) is 4. The first-order chi connectivity index (χ1) is 10.1. The molecular formula is C14H18BrN3O3. The largest absolute Gasteiger partial charge is 0.478 e. The molecule has 0 unspecified atom stereocenters. The standard InChI is InChI=1S/C14H18BrN3O3/c15-12-5-4-10(8-11(12)13(19)20)18-14(21)17-7-1-6-16-9-2-3-9/h4-5,8-9,16H,1-3,6-7H2,(H,19,20)(H2,17,18,21). The van der Waals surface area contributed by atoms with Crippen LogP contribution in [0.5, 0.6) is 0 Å². The van der Waals surface area contributed by atoms with Crippen molar-refractivity contribution in [2.45, 2.75) is 25.3 Å². The van der Waals surface area contributed by atoms with E-state index in [2.05, 4.69) is 31.9 Å². The minimum absolute atomic E-state index is 0.112. The first-order valence-corrected chi connectivity index (χ1v) is 7.66. The summed E-state index contributed by atoms with van der Waals surface area (Å²) in [5.41, 5.74) is 0.561. The molecule has 0 aromatic heterocycles. The van der Waals surface area contributed by atoms with Gasteiger partial charge in [0.05, 0.1) is 5.56 Å². The molecular weight excluding hydrogens is 338 g/mol. The van der Waals surface area contributed by atoms with Gasteiger partial charge in [-0.05, 0) is 59.9 Å². The molecule has 21 heavy (non-hydrogen) atoms. The van der Waals surface area contributed by atoms with E-state index in [-0.39, 0.29) is 11.6 Å². The van der Waals surface area contributed by atoms with Gasteiger partial charge in [-0.2, -0.15) is 0 Å². The van der Waals surface area contributed by atoms with Crippen molar-refractivity contribution in [3.8, 4) is 0 Å². The molecule has 4 N–H and O–H groups in total. The number of anilines is 1. The Labute approximate surface area is 131 Å². The van der Waals surface area contributed by atoms with Gasteiger partial charge in [0.1, 0.15) is 0 Å². The van der Waals surface area contributed by atoms with Gasteiger partial charge >= 0.3 is 12.0 Å². The minimum atomic E-state index is -1.04. The molecule has 1 fully saturated rings. The van der Waals surface area contributed by atoms with E-state index in [0.717, 1.165) is 13.0 Å². The summed E-state index contributed by atoms with van der Waals surface area (Å²) in [5.74, 6) is -1.04. The van der Waals surface area contributed by atoms with Gasteiger partial charge in [-0.25, -0.2) is 9.59 Å². The Hall–Kier alpha value is -1.60. The van der Waals surface area contributed by atoms with Gasteiger partial charge in [0.15, 0.2) is 0 Å². The van der Waals surface area contributed by atoms with Crippen molar-refractivity contribution < 1.29 is 14.7 Å². The van der Waals surface area contributed by atoms with Crippen LogP contribution in [0.15, 0.2) is 22.7 Å². The number of urea groups is 1. The summed E-state index contributed by atoms with van der Waals surface area (Å²) in [6.45, 7) is 1.47. The van der Waals surface area contributed by atoms with Crippen molar-refractivity contribution in [1.82, 2.24) is 10.6 Å². The Bertz CT molecular complexity index is 532. The Morgan fingerprint density at radius 2 is 2.05 bits per heavy atom. The Morgan fingerprint density at radius 1 is 1.29 bits per heavy atom. The highest BCUT2D eigenvalue weighted by Crippen LogP contribution is 2.21. The predicted octanol–water partition coefficient (Wildman–Crippen LogP) is 2.41. The van der Waals surface area contributed by atoms with E-state index in [9.17, 15) is 9.59 Å². The Kier molecular flexibility index (Phi) is 5.58. The van der Waals surface area contributed by atoms with Crippen molar-refractivity contribution in [2.75, 3.05) is 18.4 Å². The van der Waals surface area contributed by atoms with Gasteiger partial charge < -0.3 is 21.1 Å². The third kappa shape index (κ3) is 5.35. The monoisotopic (exact) mass is 355 g/mol. The van der Waals surface area contributed by atoms with E-state index in [1.807, 2.05) is 0 Å². The fourth-order valence-corrected chi connectivity index (χ4v) is 2.24. The lowest BCUT2D eigenvalue weighted by atomic mass is 10.2. The molecule has 0 saturated heterocycles. The van der Waals surface area contributed by atoms with E-state index >= 15 is 0 Å². The third-order valence-corrected chi connectivity index (χ3v) is 3.80. The summed E-state index contributed by atoms with van der Waals surface area (Å²) < 4.78 is 0.479. The highest BCUT2D eigenvalue weighted by Gasteiger charge is 2.19. The average molecular weight is 356 g/mol. The van der Waals surface area contributed by atoms with Crippen LogP contribution < -0.4 is 16.0 Å². The topological polar surface area (TPSA) is 90.5 Å². The second kappa shape index (κ2) is 7.42. The molecule has 0 heterocycles. The van der Waals surface area contributed by atoms with Gasteiger partial charge in [0.25, 0.3) is 0 Å². The fraction of sp³-hybridized carbons (Fsp3) is 0.429. The lowest BCUT2D eigenvalue weighted by Gasteiger charge is -2.09. The first kappa shape index (κ1) is 15.8. The Balaban J connectivity index is 1.73. The van der Waals surface area contributed by atoms with E-state index < -0.39 is 5.97 Å². The van der Waals surface area contributed by atoms with Crippen molar-refractivity contribution >= 4 is 33.6 Å². The summed E-state index contributed by atoms with van der Waals surface area (Å²) in [6, 6.07) is 5.00. The zero-order valence-corrected chi connectivity index (χ0v) is 13.1. The van der Waals surface area contributed by atoms with Crippen molar-refractivity contribution in [3.05, 3.63) is 28.2 Å². The number of halogens is 1. The number of carboxylic acids is 1. The Morgan fingerprint density at radius 3 is 2.71 bits per heavy atom. The van der Waals surface area contributed by atoms with Gasteiger partial charge in [0.2, 0.25) is 0 Å². The second-order valence-electron chi connectivity index (χ2n) is 4.96. The van der Waals surface area contributed by atoms with Crippen molar-refractivity contribution in [2.24, 2.45) is 0 Å². The molecule has 1 aliphatic rings. The molecule has 1 aliphatic carbocycles. The first-order valence-electron chi connectivity index (χ1n) is 6.87. The number of hydrogen-bond acceptors (Lipinski definition) is 3. The van der Waals surface area contributed by atoms with Crippen LogP contribution in [0.3, 0.4) is 0 Å². The normalized spacial score (nSPS) is 13.8. The zero-order valence-electron chi connectivity index (χ0n) is 11.5. The van der Waals surface area contributed by atoms with Gasteiger partial charge in [-0.1, -0.05) is 0 Å². The lowest BCUT2D eigenvalue weighted by Crippen LogP contribution is -2.31. The predicted molar refractivity (Wildman–Crippen MR) is 83.8 cm³/mol. The quantitative estimate of drug-likeness (QED) is 0.565. The number of amides is 2. The fourth-order valence-electron chi connectivity index (χ4n) is 1.83. The third-order valence-electron chi connectivity index (χ3n) is 3.10. The van der Waals surface area contributed by atoms with Crippen LogP contribution in [0.25, 0.3) is 0 Å². The van der Waals surface area contributed by atoms with Gasteiger partial charge in [-0.3, -0.25) is 0 Å².